The van der Waals surface area contributed by atoms with Crippen molar-refractivity contribution in [2.75, 3.05) is 0 Å². The number of piperidine rings is 1. The highest BCUT2D eigenvalue weighted by atomic mass is 16.2. The molecule has 0 bridgehead atoms. The first-order valence-electron chi connectivity index (χ1n) is 7.51. The Balaban J connectivity index is 3.18. The van der Waals surface area contributed by atoms with Crippen LogP contribution in [0.2, 0.25) is 0 Å². The van der Waals surface area contributed by atoms with Crippen LogP contribution in [-0.2, 0) is 9.59 Å². The molecule has 3 heteroatoms. The van der Waals surface area contributed by atoms with Crippen molar-refractivity contribution in [2.45, 2.75) is 60.8 Å². The quantitative estimate of drug-likeness (QED) is 0.776. The summed E-state index contributed by atoms with van der Waals surface area (Å²) in [6.07, 6.45) is 2.40. The molecule has 1 fully saturated rings. The molecule has 0 aromatic rings. The van der Waals surface area contributed by atoms with E-state index in [0.29, 0.717) is 18.3 Å². The van der Waals surface area contributed by atoms with Gasteiger partial charge in [-0.3, -0.25) is 14.9 Å². The van der Waals surface area contributed by atoms with Crippen LogP contribution in [0.1, 0.15) is 60.8 Å². The molecule has 0 spiro atoms. The second-order valence-electron chi connectivity index (χ2n) is 7.37. The molecule has 1 rings (SSSR count). The summed E-state index contributed by atoms with van der Waals surface area (Å²) in [7, 11) is 0. The van der Waals surface area contributed by atoms with Crippen LogP contribution in [0.25, 0.3) is 0 Å². The predicted molar refractivity (Wildman–Crippen MR) is 77.4 cm³/mol. The smallest absolute Gasteiger partial charge is 0.230 e. The van der Waals surface area contributed by atoms with Crippen LogP contribution in [0.5, 0.6) is 0 Å². The van der Waals surface area contributed by atoms with Crippen molar-refractivity contribution in [2.24, 2.45) is 29.1 Å². The summed E-state index contributed by atoms with van der Waals surface area (Å²) in [4.78, 5) is 24.2. The van der Waals surface area contributed by atoms with Crippen molar-refractivity contribution in [3.63, 3.8) is 0 Å². The van der Waals surface area contributed by atoms with Gasteiger partial charge in [0.25, 0.3) is 0 Å². The molecule has 1 saturated heterocycles. The SMILES string of the molecule is CC(C)CC1(CC(C)C)CC(=O)NC(=O)C1C(C)C. The van der Waals surface area contributed by atoms with E-state index >= 15 is 0 Å². The van der Waals surface area contributed by atoms with Crippen LogP contribution >= 0.6 is 0 Å². The standard InChI is InChI=1S/C16H29NO2/c1-10(2)7-16(8-11(3)4)9-13(18)17-15(19)14(16)12(5)6/h10-12,14H,7-9H2,1-6H3,(H,17,18,19). The van der Waals surface area contributed by atoms with Gasteiger partial charge in [0.05, 0.1) is 0 Å². The van der Waals surface area contributed by atoms with Gasteiger partial charge < -0.3 is 0 Å². The number of hydrogen-bond donors (Lipinski definition) is 1. The number of hydrogen-bond acceptors (Lipinski definition) is 2. The molecule has 1 unspecified atom stereocenters. The molecule has 0 aliphatic carbocycles. The van der Waals surface area contributed by atoms with Gasteiger partial charge >= 0.3 is 0 Å². The molecular weight excluding hydrogens is 238 g/mol. The molecule has 1 N–H and O–H groups in total. The fourth-order valence-corrected chi connectivity index (χ4v) is 4.08. The van der Waals surface area contributed by atoms with Crippen LogP contribution in [0.4, 0.5) is 0 Å². The van der Waals surface area contributed by atoms with Gasteiger partial charge in [0.1, 0.15) is 0 Å². The average Bonchev–Trinajstić information content (AvgIpc) is 2.10. The van der Waals surface area contributed by atoms with E-state index in [1.165, 1.54) is 0 Å². The molecule has 0 saturated carbocycles. The van der Waals surface area contributed by atoms with Crippen LogP contribution in [-0.4, -0.2) is 11.8 Å². The van der Waals surface area contributed by atoms with Gasteiger partial charge in [0.2, 0.25) is 11.8 Å². The zero-order chi connectivity index (χ0) is 14.8. The molecule has 0 aromatic heterocycles. The number of amides is 2. The summed E-state index contributed by atoms with van der Waals surface area (Å²) in [5.74, 6) is 1.06. The normalized spacial score (nSPS) is 23.3. The van der Waals surface area contributed by atoms with Gasteiger partial charge in [0, 0.05) is 12.3 Å². The Bertz CT molecular complexity index is 335. The summed E-state index contributed by atoms with van der Waals surface area (Å²) < 4.78 is 0. The van der Waals surface area contributed by atoms with E-state index < -0.39 is 0 Å². The maximum absolute atomic E-state index is 12.3. The van der Waals surface area contributed by atoms with Gasteiger partial charge in [-0.25, -0.2) is 0 Å². The third kappa shape index (κ3) is 3.80. The van der Waals surface area contributed by atoms with E-state index in [4.69, 9.17) is 0 Å². The van der Waals surface area contributed by atoms with Crippen molar-refractivity contribution in [3.8, 4) is 0 Å². The Labute approximate surface area is 117 Å². The Hall–Kier alpha value is -0.860. The second-order valence-corrected chi connectivity index (χ2v) is 7.37. The fourth-order valence-electron chi connectivity index (χ4n) is 4.08. The van der Waals surface area contributed by atoms with E-state index in [-0.39, 0.29) is 29.1 Å². The summed E-state index contributed by atoms with van der Waals surface area (Å²) in [5, 5.41) is 2.53. The molecular formula is C16H29NO2. The van der Waals surface area contributed by atoms with E-state index in [2.05, 4.69) is 46.9 Å². The Morgan fingerprint density at radius 2 is 1.53 bits per heavy atom. The molecule has 110 valence electrons. The second kappa shape index (κ2) is 6.06. The highest BCUT2D eigenvalue weighted by Gasteiger charge is 2.49. The lowest BCUT2D eigenvalue weighted by molar-refractivity contribution is -0.147. The van der Waals surface area contributed by atoms with Crippen molar-refractivity contribution >= 4 is 11.8 Å². The Morgan fingerprint density at radius 3 is 1.89 bits per heavy atom. The van der Waals surface area contributed by atoms with Gasteiger partial charge in [0.15, 0.2) is 0 Å². The van der Waals surface area contributed by atoms with Crippen LogP contribution < -0.4 is 5.32 Å². The zero-order valence-electron chi connectivity index (χ0n) is 13.2. The zero-order valence-corrected chi connectivity index (χ0v) is 13.2. The maximum atomic E-state index is 12.3. The third-order valence-electron chi connectivity index (χ3n) is 4.01. The first-order chi connectivity index (χ1) is 8.68. The fraction of sp³-hybridized carbons (Fsp3) is 0.875. The maximum Gasteiger partial charge on any atom is 0.230 e. The molecule has 2 amide bonds. The predicted octanol–water partition coefficient (Wildman–Crippen LogP) is 3.38. The lowest BCUT2D eigenvalue weighted by Crippen LogP contribution is -2.54. The number of imide groups is 1. The monoisotopic (exact) mass is 267 g/mol. The lowest BCUT2D eigenvalue weighted by atomic mass is 9.59. The minimum Gasteiger partial charge on any atom is -0.296 e. The average molecular weight is 267 g/mol. The molecule has 1 aliphatic heterocycles. The topological polar surface area (TPSA) is 46.2 Å². The van der Waals surface area contributed by atoms with Crippen molar-refractivity contribution in [3.05, 3.63) is 0 Å². The number of carbonyl (C=O) groups is 2. The number of nitrogens with one attached hydrogen (secondary N) is 1. The Morgan fingerprint density at radius 1 is 1.05 bits per heavy atom. The van der Waals surface area contributed by atoms with Gasteiger partial charge in [-0.2, -0.15) is 0 Å². The molecule has 0 radical (unpaired) electrons. The third-order valence-corrected chi connectivity index (χ3v) is 4.01. The molecule has 19 heavy (non-hydrogen) atoms. The van der Waals surface area contributed by atoms with Crippen molar-refractivity contribution < 1.29 is 9.59 Å². The lowest BCUT2D eigenvalue weighted by Gasteiger charge is -2.46. The highest BCUT2D eigenvalue weighted by molar-refractivity contribution is 5.99. The molecule has 1 heterocycles. The van der Waals surface area contributed by atoms with Gasteiger partial charge in [-0.15, -0.1) is 0 Å². The Kier molecular flexibility index (Phi) is 5.17. The summed E-state index contributed by atoms with van der Waals surface area (Å²) in [6, 6.07) is 0. The summed E-state index contributed by atoms with van der Waals surface area (Å²) in [6.45, 7) is 12.9. The largest absolute Gasteiger partial charge is 0.296 e. The van der Waals surface area contributed by atoms with Crippen molar-refractivity contribution in [1.82, 2.24) is 5.32 Å². The van der Waals surface area contributed by atoms with Crippen LogP contribution in [0.15, 0.2) is 0 Å². The van der Waals surface area contributed by atoms with E-state index in [0.717, 1.165) is 12.8 Å². The molecule has 1 aliphatic rings. The first kappa shape index (κ1) is 16.2. The van der Waals surface area contributed by atoms with Gasteiger partial charge in [-0.05, 0) is 36.0 Å². The van der Waals surface area contributed by atoms with Crippen molar-refractivity contribution in [1.29, 1.82) is 0 Å². The molecule has 3 nitrogen and oxygen atoms in total. The van der Waals surface area contributed by atoms with E-state index in [9.17, 15) is 9.59 Å². The number of carbonyl (C=O) groups excluding carboxylic acids is 2. The number of rotatable bonds is 5. The van der Waals surface area contributed by atoms with Crippen LogP contribution in [0.3, 0.4) is 0 Å². The minimum absolute atomic E-state index is 0.0463. The highest BCUT2D eigenvalue weighted by Crippen LogP contribution is 2.48. The minimum atomic E-state index is -0.157. The van der Waals surface area contributed by atoms with E-state index in [1.54, 1.807) is 0 Å². The summed E-state index contributed by atoms with van der Waals surface area (Å²) in [5.41, 5.74) is -0.157. The first-order valence-corrected chi connectivity index (χ1v) is 7.51. The summed E-state index contributed by atoms with van der Waals surface area (Å²) >= 11 is 0. The van der Waals surface area contributed by atoms with Crippen LogP contribution in [0, 0.1) is 29.1 Å². The van der Waals surface area contributed by atoms with E-state index in [1.807, 2.05) is 0 Å². The molecule has 1 atom stereocenters. The molecule has 0 aromatic carbocycles. The van der Waals surface area contributed by atoms with Gasteiger partial charge in [-0.1, -0.05) is 41.5 Å².